The molecular formula is C37H44F3N5O3. The van der Waals surface area contributed by atoms with Gasteiger partial charge in [-0.1, -0.05) is 12.1 Å². The summed E-state index contributed by atoms with van der Waals surface area (Å²) in [5.74, 6) is -0.763. The number of alkyl halides is 3. The maximum Gasteiger partial charge on any atom is 0.394 e. The van der Waals surface area contributed by atoms with Crippen molar-refractivity contribution in [1.29, 1.82) is 0 Å². The highest BCUT2D eigenvalue weighted by Crippen LogP contribution is 2.64. The number of likely N-dealkylation sites (tertiary alicyclic amines) is 2. The molecule has 2 saturated heterocycles. The van der Waals surface area contributed by atoms with Crippen LogP contribution in [0.25, 0.3) is 10.9 Å². The largest absolute Gasteiger partial charge is 0.395 e. The third-order valence-corrected chi connectivity index (χ3v) is 11.2. The van der Waals surface area contributed by atoms with Crippen LogP contribution < -0.4 is 10.6 Å². The lowest BCUT2D eigenvalue weighted by Crippen LogP contribution is -2.57. The van der Waals surface area contributed by atoms with E-state index < -0.39 is 17.5 Å². The maximum atomic E-state index is 13.8. The van der Waals surface area contributed by atoms with E-state index in [4.69, 9.17) is 4.98 Å². The number of hydrogen-bond acceptors (Lipinski definition) is 6. The summed E-state index contributed by atoms with van der Waals surface area (Å²) in [6, 6.07) is 15.0. The molecule has 0 unspecified atom stereocenters. The Kier molecular flexibility index (Phi) is 8.97. The molecule has 3 heterocycles. The van der Waals surface area contributed by atoms with E-state index in [2.05, 4.69) is 20.4 Å². The molecule has 48 heavy (non-hydrogen) atoms. The highest BCUT2D eigenvalue weighted by Gasteiger charge is 2.66. The fourth-order valence-electron chi connectivity index (χ4n) is 8.36. The minimum absolute atomic E-state index is 0.0122. The van der Waals surface area contributed by atoms with Gasteiger partial charge in [-0.05, 0) is 118 Å². The van der Waals surface area contributed by atoms with Gasteiger partial charge in [-0.25, -0.2) is 0 Å². The lowest BCUT2D eigenvalue weighted by Gasteiger charge is -2.36. The molecule has 3 aromatic rings. The van der Waals surface area contributed by atoms with E-state index in [0.717, 1.165) is 60.2 Å². The molecule has 11 heteroatoms. The molecule has 3 atom stereocenters. The Morgan fingerprint density at radius 1 is 1.06 bits per heavy atom. The number of aliphatic hydroxyl groups is 1. The summed E-state index contributed by atoms with van der Waals surface area (Å²) < 4.78 is 41.5. The molecule has 3 N–H and O–H groups in total. The number of halogens is 3. The molecule has 7 rings (SSSR count). The first-order valence-corrected chi connectivity index (χ1v) is 17.3. The highest BCUT2D eigenvalue weighted by atomic mass is 19.4. The Balaban J connectivity index is 1.04. The molecule has 0 bridgehead atoms. The van der Waals surface area contributed by atoms with Gasteiger partial charge in [0.15, 0.2) is 0 Å². The lowest BCUT2D eigenvalue weighted by molar-refractivity contribution is -0.204. The van der Waals surface area contributed by atoms with Gasteiger partial charge in [-0.15, -0.1) is 0 Å². The zero-order chi connectivity index (χ0) is 33.6. The Morgan fingerprint density at radius 3 is 2.58 bits per heavy atom. The van der Waals surface area contributed by atoms with Crippen LogP contribution in [0.1, 0.15) is 82.1 Å². The second-order valence-electron chi connectivity index (χ2n) is 14.4. The minimum Gasteiger partial charge on any atom is -0.395 e. The molecule has 0 spiro atoms. The molecule has 4 aliphatic rings. The number of carbonyl (C=O) groups excluding carboxylic acids is 2. The standard InChI is InChI=1S/C37H44F3N5O3/c1-44-20-29(21-44)42-35(48)24-5-2-4-23(16-24)33(45-15-3-6-30(45)22-46)11-14-41-34(47)25-7-9-31-26(17-25)18-27-19-28(8-10-32(27)43-31)36(12-13-36)37(38,39)40/h2,4-5,7,9,16-18,28-30,33,46H,3,6,8,10-15,19-22H2,1H3,(H,41,47)(H,42,48)/t28-,30-,33+/m0/s1. The van der Waals surface area contributed by atoms with Crippen molar-refractivity contribution >= 4 is 22.7 Å². The van der Waals surface area contributed by atoms with Crippen molar-refractivity contribution < 1.29 is 27.9 Å². The molecule has 2 aliphatic carbocycles. The van der Waals surface area contributed by atoms with Gasteiger partial charge in [0.1, 0.15) is 0 Å². The molecule has 256 valence electrons. The number of nitrogens with zero attached hydrogens (tertiary/aromatic N) is 3. The summed E-state index contributed by atoms with van der Waals surface area (Å²) in [5, 5.41) is 17.0. The van der Waals surface area contributed by atoms with E-state index in [1.54, 1.807) is 12.1 Å². The number of rotatable bonds is 10. The number of likely N-dealkylation sites (N-methyl/N-ethyl adjacent to an activating group) is 1. The third kappa shape index (κ3) is 6.44. The van der Waals surface area contributed by atoms with Crippen LogP contribution >= 0.6 is 0 Å². The van der Waals surface area contributed by atoms with Crippen LogP contribution in [0.15, 0.2) is 48.5 Å². The van der Waals surface area contributed by atoms with E-state index >= 15 is 0 Å². The fourth-order valence-corrected chi connectivity index (χ4v) is 8.36. The topological polar surface area (TPSA) is 97.8 Å². The Labute approximate surface area is 279 Å². The van der Waals surface area contributed by atoms with Gasteiger partial charge in [-0.3, -0.25) is 19.5 Å². The van der Waals surface area contributed by atoms with Crippen LogP contribution in [0.5, 0.6) is 0 Å². The number of nitrogens with one attached hydrogen (secondary N) is 2. The first kappa shape index (κ1) is 33.0. The predicted octanol–water partition coefficient (Wildman–Crippen LogP) is 5.04. The molecule has 8 nitrogen and oxygen atoms in total. The van der Waals surface area contributed by atoms with E-state index in [1.807, 2.05) is 43.4 Å². The summed E-state index contributed by atoms with van der Waals surface area (Å²) in [6.07, 6.45) is 0.0868. The Morgan fingerprint density at radius 2 is 1.85 bits per heavy atom. The number of benzene rings is 2. The van der Waals surface area contributed by atoms with Crippen molar-refractivity contribution in [2.75, 3.05) is 39.8 Å². The number of amides is 2. The normalized spacial score (nSPS) is 23.4. The first-order valence-electron chi connectivity index (χ1n) is 17.3. The summed E-state index contributed by atoms with van der Waals surface area (Å²) in [7, 11) is 2.02. The average molecular weight is 664 g/mol. The molecule has 1 saturated carbocycles. The molecule has 3 fully saturated rings. The highest BCUT2D eigenvalue weighted by molar-refractivity contribution is 5.98. The summed E-state index contributed by atoms with van der Waals surface area (Å²) >= 11 is 0. The molecule has 2 amide bonds. The van der Waals surface area contributed by atoms with Crippen molar-refractivity contribution in [3.8, 4) is 0 Å². The molecule has 2 aromatic carbocycles. The quantitative estimate of drug-likeness (QED) is 0.281. The van der Waals surface area contributed by atoms with Crippen molar-refractivity contribution in [2.24, 2.45) is 11.3 Å². The monoisotopic (exact) mass is 663 g/mol. The maximum absolute atomic E-state index is 13.8. The SMILES string of the molecule is CN1CC(NC(=O)c2cccc([C@@H](CCNC(=O)c3ccc4nc5c(cc4c3)C[C@@H](C3(C(F)(F)F)CC3)CC5)N3CCC[C@H]3CO)c2)C1. The van der Waals surface area contributed by atoms with Gasteiger partial charge in [0.2, 0.25) is 0 Å². The van der Waals surface area contributed by atoms with Gasteiger partial charge in [-0.2, -0.15) is 13.2 Å². The summed E-state index contributed by atoms with van der Waals surface area (Å²) in [6.45, 7) is 2.91. The molecule has 1 aromatic heterocycles. The smallest absolute Gasteiger partial charge is 0.394 e. The third-order valence-electron chi connectivity index (χ3n) is 11.2. The Hall–Kier alpha value is -3.54. The van der Waals surface area contributed by atoms with Gasteiger partial charge in [0.05, 0.1) is 23.6 Å². The van der Waals surface area contributed by atoms with Crippen molar-refractivity contribution in [3.05, 3.63) is 76.5 Å². The van der Waals surface area contributed by atoms with Crippen LogP contribution in [0.3, 0.4) is 0 Å². The van der Waals surface area contributed by atoms with Crippen molar-refractivity contribution in [1.82, 2.24) is 25.4 Å². The summed E-state index contributed by atoms with van der Waals surface area (Å²) in [5.41, 5.74) is 2.94. The zero-order valence-electron chi connectivity index (χ0n) is 27.4. The van der Waals surface area contributed by atoms with E-state index in [-0.39, 0.29) is 49.4 Å². The van der Waals surface area contributed by atoms with Gasteiger partial charge in [0.25, 0.3) is 11.8 Å². The van der Waals surface area contributed by atoms with E-state index in [0.29, 0.717) is 43.4 Å². The number of pyridine rings is 1. The van der Waals surface area contributed by atoms with E-state index in [1.165, 1.54) is 0 Å². The minimum atomic E-state index is -4.18. The van der Waals surface area contributed by atoms with Crippen LogP contribution in [0.2, 0.25) is 0 Å². The molecule has 2 aliphatic heterocycles. The van der Waals surface area contributed by atoms with Crippen LogP contribution in [0, 0.1) is 11.3 Å². The summed E-state index contributed by atoms with van der Waals surface area (Å²) in [4.78, 5) is 35.6. The molecular weight excluding hydrogens is 619 g/mol. The number of carbonyl (C=O) groups is 2. The Bertz CT molecular complexity index is 1690. The van der Waals surface area contributed by atoms with Crippen molar-refractivity contribution in [2.45, 2.75) is 75.7 Å². The first-order chi connectivity index (χ1) is 23.0. The number of hydrogen-bond donors (Lipinski definition) is 3. The van der Waals surface area contributed by atoms with Crippen LogP contribution in [0.4, 0.5) is 13.2 Å². The number of fused-ring (bicyclic) bond motifs is 2. The van der Waals surface area contributed by atoms with Crippen LogP contribution in [-0.4, -0.2) is 89.8 Å². The lowest BCUT2D eigenvalue weighted by atomic mass is 9.76. The second kappa shape index (κ2) is 13.1. The van der Waals surface area contributed by atoms with Gasteiger partial charge >= 0.3 is 6.18 Å². The van der Waals surface area contributed by atoms with Gasteiger partial charge in [0, 0.05) is 53.9 Å². The second-order valence-corrected chi connectivity index (χ2v) is 14.4. The number of aliphatic hydroxyl groups excluding tert-OH is 1. The fraction of sp³-hybridized carbons (Fsp3) is 0.541. The number of aromatic nitrogens is 1. The van der Waals surface area contributed by atoms with E-state index in [9.17, 15) is 27.9 Å². The zero-order valence-corrected chi connectivity index (χ0v) is 27.4. The van der Waals surface area contributed by atoms with Crippen molar-refractivity contribution in [3.63, 3.8) is 0 Å². The predicted molar refractivity (Wildman–Crippen MR) is 177 cm³/mol. The van der Waals surface area contributed by atoms with Crippen LogP contribution in [-0.2, 0) is 12.8 Å². The molecule has 0 radical (unpaired) electrons. The number of aryl methyl sites for hydroxylation is 1. The average Bonchev–Trinajstić information content (AvgIpc) is 3.76. The van der Waals surface area contributed by atoms with Gasteiger partial charge < -0.3 is 20.6 Å².